The molecule has 0 saturated heterocycles. The molecule has 3 aromatic rings. The predicted octanol–water partition coefficient (Wildman–Crippen LogP) is 5.06. The van der Waals surface area contributed by atoms with Gasteiger partial charge in [-0.3, -0.25) is 0 Å². The molecule has 0 radical (unpaired) electrons. The van der Waals surface area contributed by atoms with Crippen LogP contribution in [0.1, 0.15) is 28.4 Å². The quantitative estimate of drug-likeness (QED) is 0.546. The minimum absolute atomic E-state index is 0.178. The molecule has 0 fully saturated rings. The van der Waals surface area contributed by atoms with Gasteiger partial charge in [0.2, 0.25) is 0 Å². The number of ether oxygens (including phenoxy) is 2. The lowest BCUT2D eigenvalue weighted by Gasteiger charge is -2.15. The summed E-state index contributed by atoms with van der Waals surface area (Å²) < 4.78 is 12.1. The van der Waals surface area contributed by atoms with Crippen molar-refractivity contribution in [1.82, 2.24) is 0 Å². The predicted molar refractivity (Wildman–Crippen MR) is 116 cm³/mol. The number of hydrogen-bond acceptors (Lipinski definition) is 3. The first-order valence-electron chi connectivity index (χ1n) is 10.1. The zero-order chi connectivity index (χ0) is 20.8. The van der Waals surface area contributed by atoms with Gasteiger partial charge in [0.1, 0.15) is 17.4 Å². The molecule has 1 N–H and O–H groups in total. The Morgan fingerprint density at radius 1 is 0.767 bits per heavy atom. The molecule has 0 spiro atoms. The largest absolute Gasteiger partial charge is 0.492 e. The van der Waals surface area contributed by atoms with Crippen molar-refractivity contribution in [2.45, 2.75) is 18.9 Å². The Bertz CT molecular complexity index is 1030. The van der Waals surface area contributed by atoms with E-state index >= 15 is 0 Å². The molecule has 1 aliphatic rings. The molecule has 0 amide bonds. The van der Waals surface area contributed by atoms with Crippen LogP contribution in [-0.2, 0) is 27.1 Å². The summed E-state index contributed by atoms with van der Waals surface area (Å²) in [6.45, 7) is 0.832. The molecule has 30 heavy (non-hydrogen) atoms. The highest BCUT2D eigenvalue weighted by atomic mass is 16.5. The third-order valence-electron chi connectivity index (χ3n) is 5.22. The number of aliphatic carboxylic acids is 1. The Hall–Kier alpha value is -3.37. The van der Waals surface area contributed by atoms with Crippen LogP contribution in [0, 0.1) is 0 Å². The van der Waals surface area contributed by atoms with Gasteiger partial charge in [-0.05, 0) is 23.1 Å². The van der Waals surface area contributed by atoms with Crippen LogP contribution in [0.2, 0.25) is 0 Å². The van der Waals surface area contributed by atoms with Crippen molar-refractivity contribution in [2.24, 2.45) is 0 Å². The molecule has 0 heterocycles. The van der Waals surface area contributed by atoms with Gasteiger partial charge < -0.3 is 14.6 Å². The Kier molecular flexibility index (Phi) is 6.26. The molecule has 152 valence electrons. The van der Waals surface area contributed by atoms with Crippen LogP contribution in [-0.4, -0.2) is 24.3 Å². The fourth-order valence-electron chi connectivity index (χ4n) is 3.74. The molecule has 0 aromatic heterocycles. The Labute approximate surface area is 176 Å². The van der Waals surface area contributed by atoms with Gasteiger partial charge in [-0.15, -0.1) is 0 Å². The summed E-state index contributed by atoms with van der Waals surface area (Å²) in [5.74, 6) is -0.593. The third-order valence-corrected chi connectivity index (χ3v) is 5.22. The molecule has 0 bridgehead atoms. The number of carbonyl (C=O) groups is 1. The summed E-state index contributed by atoms with van der Waals surface area (Å²) in [5.41, 5.74) is 4.13. The minimum Gasteiger partial charge on any atom is -0.492 e. The van der Waals surface area contributed by atoms with Crippen LogP contribution < -0.4 is 0 Å². The fourth-order valence-corrected chi connectivity index (χ4v) is 3.74. The highest BCUT2D eigenvalue weighted by Crippen LogP contribution is 2.43. The summed E-state index contributed by atoms with van der Waals surface area (Å²) in [5, 5.41) is 9.94. The molecule has 4 heteroatoms. The summed E-state index contributed by atoms with van der Waals surface area (Å²) in [6.07, 6.45) is 0.796. The Balaban J connectivity index is 1.51. The fraction of sp³-hybridized carbons (Fsp3) is 0.192. The minimum atomic E-state index is -1.01. The zero-order valence-corrected chi connectivity index (χ0v) is 16.7. The second-order valence-electron chi connectivity index (χ2n) is 7.21. The number of fused-ring (bicyclic) bond motifs is 1. The number of benzene rings is 3. The molecule has 1 unspecified atom stereocenters. The van der Waals surface area contributed by atoms with Crippen LogP contribution in [0.3, 0.4) is 0 Å². The summed E-state index contributed by atoms with van der Waals surface area (Å²) in [4.78, 5) is 12.1. The first-order valence-corrected chi connectivity index (χ1v) is 10.1. The van der Waals surface area contributed by atoms with E-state index in [2.05, 4.69) is 0 Å². The zero-order valence-electron chi connectivity index (χ0n) is 16.7. The highest BCUT2D eigenvalue weighted by molar-refractivity contribution is 5.99. The first kappa shape index (κ1) is 19.9. The van der Waals surface area contributed by atoms with Crippen LogP contribution >= 0.6 is 0 Å². The van der Waals surface area contributed by atoms with Crippen molar-refractivity contribution in [1.29, 1.82) is 0 Å². The van der Waals surface area contributed by atoms with E-state index < -0.39 is 12.1 Å². The Morgan fingerprint density at radius 3 is 1.97 bits per heavy atom. The molecule has 0 saturated carbocycles. The molecule has 0 aliphatic heterocycles. The lowest BCUT2D eigenvalue weighted by atomic mass is 10.1. The molecular formula is C26H24O4. The van der Waals surface area contributed by atoms with E-state index in [1.807, 2.05) is 84.9 Å². The average molecular weight is 400 g/mol. The topological polar surface area (TPSA) is 55.8 Å². The van der Waals surface area contributed by atoms with Gasteiger partial charge in [0.15, 0.2) is 0 Å². The summed E-state index contributed by atoms with van der Waals surface area (Å²) >= 11 is 0. The number of rotatable bonds is 9. The van der Waals surface area contributed by atoms with E-state index in [1.165, 1.54) is 0 Å². The lowest BCUT2D eigenvalue weighted by molar-refractivity contribution is -0.134. The van der Waals surface area contributed by atoms with Gasteiger partial charge in [0, 0.05) is 12.0 Å². The van der Waals surface area contributed by atoms with E-state index in [0.29, 0.717) is 25.4 Å². The molecule has 4 rings (SSSR count). The number of carboxylic acid groups (broad SMARTS) is 1. The van der Waals surface area contributed by atoms with Crippen molar-refractivity contribution in [2.75, 3.05) is 13.2 Å². The highest BCUT2D eigenvalue weighted by Gasteiger charge is 2.37. The lowest BCUT2D eigenvalue weighted by Crippen LogP contribution is -2.14. The number of hydrogen-bond donors (Lipinski definition) is 1. The summed E-state index contributed by atoms with van der Waals surface area (Å²) in [6, 6.07) is 27.7. The number of carboxylic acids is 1. The normalized spacial score (nSPS) is 15.1. The molecule has 4 nitrogen and oxygen atoms in total. The molecule has 3 aromatic carbocycles. The van der Waals surface area contributed by atoms with Gasteiger partial charge >= 0.3 is 5.97 Å². The van der Waals surface area contributed by atoms with Gasteiger partial charge in [-0.1, -0.05) is 84.9 Å². The summed E-state index contributed by atoms with van der Waals surface area (Å²) in [7, 11) is 0. The smallest absolute Gasteiger partial charge is 0.338 e. The molecule has 1 atom stereocenters. The maximum Gasteiger partial charge on any atom is 0.338 e. The van der Waals surface area contributed by atoms with E-state index in [4.69, 9.17) is 9.47 Å². The molecule has 1 aliphatic carbocycles. The van der Waals surface area contributed by atoms with Gasteiger partial charge in [-0.25, -0.2) is 4.79 Å². The van der Waals surface area contributed by atoms with Crippen LogP contribution in [0.5, 0.6) is 0 Å². The van der Waals surface area contributed by atoms with Crippen LogP contribution in [0.15, 0.2) is 90.5 Å². The van der Waals surface area contributed by atoms with Crippen molar-refractivity contribution in [3.05, 3.63) is 113 Å². The molecular weight excluding hydrogens is 376 g/mol. The van der Waals surface area contributed by atoms with Crippen molar-refractivity contribution in [3.8, 4) is 0 Å². The monoisotopic (exact) mass is 400 g/mol. The van der Waals surface area contributed by atoms with Gasteiger partial charge in [0.05, 0.1) is 13.2 Å². The van der Waals surface area contributed by atoms with Crippen molar-refractivity contribution < 1.29 is 19.4 Å². The SMILES string of the molecule is O=C(O)C1=C(OCCc2ccccc2)c2ccccc2C1OCCc1ccccc1. The second kappa shape index (κ2) is 9.42. The van der Waals surface area contributed by atoms with Gasteiger partial charge in [-0.2, -0.15) is 0 Å². The van der Waals surface area contributed by atoms with Crippen molar-refractivity contribution in [3.63, 3.8) is 0 Å². The average Bonchev–Trinajstić information content (AvgIpc) is 3.09. The van der Waals surface area contributed by atoms with E-state index in [9.17, 15) is 9.90 Å². The third kappa shape index (κ3) is 4.44. The maximum absolute atomic E-state index is 12.1. The van der Waals surface area contributed by atoms with E-state index in [-0.39, 0.29) is 5.57 Å². The van der Waals surface area contributed by atoms with E-state index in [0.717, 1.165) is 28.7 Å². The maximum atomic E-state index is 12.1. The van der Waals surface area contributed by atoms with Crippen LogP contribution in [0.25, 0.3) is 5.76 Å². The Morgan fingerprint density at radius 2 is 1.33 bits per heavy atom. The van der Waals surface area contributed by atoms with Crippen molar-refractivity contribution >= 4 is 11.7 Å². The standard InChI is InChI=1S/C26H24O4/c27-26(28)23-24(29-17-15-19-9-3-1-4-10-19)21-13-7-8-14-22(21)25(23)30-18-16-20-11-5-2-6-12-20/h1-14,24H,15-18H2,(H,27,28). The van der Waals surface area contributed by atoms with Gasteiger partial charge in [0.25, 0.3) is 0 Å². The second-order valence-corrected chi connectivity index (χ2v) is 7.21. The van der Waals surface area contributed by atoms with Crippen LogP contribution in [0.4, 0.5) is 0 Å². The first-order chi connectivity index (χ1) is 14.7. The van der Waals surface area contributed by atoms with E-state index in [1.54, 1.807) is 0 Å².